The van der Waals surface area contributed by atoms with Crippen LogP contribution >= 0.6 is 23.8 Å². The molecule has 8 heteroatoms. The lowest BCUT2D eigenvalue weighted by atomic mass is 10.2. The summed E-state index contributed by atoms with van der Waals surface area (Å²) in [7, 11) is 1.69. The number of carbonyl (C=O) groups excluding carboxylic acids is 2. The first-order valence-corrected chi connectivity index (χ1v) is 8.89. The van der Waals surface area contributed by atoms with Crippen LogP contribution in [0.15, 0.2) is 42.5 Å². The van der Waals surface area contributed by atoms with Crippen LogP contribution in [0.3, 0.4) is 0 Å². The molecule has 0 heterocycles. The molecule has 0 aromatic heterocycles. The first-order chi connectivity index (χ1) is 12.8. The molecule has 0 aliphatic rings. The van der Waals surface area contributed by atoms with Crippen LogP contribution in [0.4, 0.5) is 11.4 Å². The molecule has 27 heavy (non-hydrogen) atoms. The number of nitrogens with zero attached hydrogens (tertiary/aromatic N) is 1. The smallest absolute Gasteiger partial charge is 0.264 e. The number of ether oxygens (including phenoxy) is 1. The number of hydrogen-bond donors (Lipinski definition) is 2. The molecule has 2 aromatic carbocycles. The first kappa shape index (κ1) is 20.7. The number of thiocarbonyl (C=S) groups is 1. The number of benzene rings is 2. The lowest BCUT2D eigenvalue weighted by Crippen LogP contribution is -2.37. The molecule has 0 saturated carbocycles. The Morgan fingerprint density at radius 2 is 1.85 bits per heavy atom. The number of aryl methyl sites for hydroxylation is 1. The Balaban J connectivity index is 1.84. The summed E-state index contributed by atoms with van der Waals surface area (Å²) < 4.78 is 5.47. The van der Waals surface area contributed by atoms with E-state index < -0.39 is 0 Å². The van der Waals surface area contributed by atoms with E-state index in [1.807, 2.05) is 6.92 Å². The van der Waals surface area contributed by atoms with Crippen molar-refractivity contribution in [2.45, 2.75) is 13.8 Å². The fourth-order valence-electron chi connectivity index (χ4n) is 2.19. The summed E-state index contributed by atoms with van der Waals surface area (Å²) in [5.74, 6) is 0.141. The summed E-state index contributed by atoms with van der Waals surface area (Å²) in [6.45, 7) is 3.16. The monoisotopic (exact) mass is 405 g/mol. The maximum absolute atomic E-state index is 12.0. The predicted octanol–water partition coefficient (Wildman–Crippen LogP) is 3.52. The highest BCUT2D eigenvalue weighted by molar-refractivity contribution is 7.80. The number of amides is 2. The van der Waals surface area contributed by atoms with Crippen molar-refractivity contribution in [3.05, 3.63) is 53.1 Å². The maximum atomic E-state index is 12.0. The number of rotatable bonds is 5. The molecule has 0 fully saturated rings. The lowest BCUT2D eigenvalue weighted by Gasteiger charge is -2.16. The topological polar surface area (TPSA) is 70.7 Å². The molecule has 6 nitrogen and oxygen atoms in total. The number of nitrogens with one attached hydrogen (secondary N) is 2. The van der Waals surface area contributed by atoms with E-state index in [-0.39, 0.29) is 23.5 Å². The molecule has 0 radical (unpaired) electrons. The third-order valence-electron chi connectivity index (χ3n) is 3.73. The van der Waals surface area contributed by atoms with Crippen LogP contribution in [-0.2, 0) is 9.59 Å². The second-order valence-corrected chi connectivity index (χ2v) is 6.67. The molecular weight excluding hydrogens is 386 g/mol. The zero-order valence-corrected chi connectivity index (χ0v) is 16.8. The molecular formula is C19H20ClN3O3S. The quantitative estimate of drug-likeness (QED) is 0.745. The second kappa shape index (κ2) is 9.34. The fourth-order valence-corrected chi connectivity index (χ4v) is 2.65. The normalized spacial score (nSPS) is 10.1. The van der Waals surface area contributed by atoms with E-state index in [9.17, 15) is 9.59 Å². The van der Waals surface area contributed by atoms with Crippen LogP contribution in [0.5, 0.6) is 5.75 Å². The minimum atomic E-state index is -0.380. The molecule has 2 amide bonds. The van der Waals surface area contributed by atoms with E-state index in [2.05, 4.69) is 10.6 Å². The van der Waals surface area contributed by atoms with Crippen LogP contribution < -0.4 is 20.3 Å². The zero-order chi connectivity index (χ0) is 20.0. The van der Waals surface area contributed by atoms with E-state index in [0.29, 0.717) is 16.5 Å². The Morgan fingerprint density at radius 1 is 1.19 bits per heavy atom. The number of halogens is 1. The van der Waals surface area contributed by atoms with Gasteiger partial charge in [-0.3, -0.25) is 14.9 Å². The van der Waals surface area contributed by atoms with Crippen LogP contribution in [0.2, 0.25) is 5.02 Å². The highest BCUT2D eigenvalue weighted by Gasteiger charge is 2.09. The van der Waals surface area contributed by atoms with Gasteiger partial charge in [0.2, 0.25) is 5.91 Å². The highest BCUT2D eigenvalue weighted by Crippen LogP contribution is 2.21. The molecule has 0 unspecified atom stereocenters. The Kier molecular flexibility index (Phi) is 7.15. The molecule has 142 valence electrons. The number of carbonyl (C=O) groups is 2. The van der Waals surface area contributed by atoms with Crippen LogP contribution in [0.25, 0.3) is 0 Å². The Labute approximate surface area is 168 Å². The van der Waals surface area contributed by atoms with Gasteiger partial charge in [0.15, 0.2) is 11.7 Å². The van der Waals surface area contributed by atoms with E-state index in [1.54, 1.807) is 49.5 Å². The molecule has 2 rings (SSSR count). The number of anilines is 2. The fraction of sp³-hybridized carbons (Fsp3) is 0.211. The van der Waals surface area contributed by atoms with E-state index in [4.69, 9.17) is 28.6 Å². The summed E-state index contributed by atoms with van der Waals surface area (Å²) in [6.07, 6.45) is 0. The molecule has 0 aliphatic heterocycles. The van der Waals surface area contributed by atoms with Gasteiger partial charge in [0.1, 0.15) is 5.75 Å². The molecule has 0 aliphatic carbocycles. The van der Waals surface area contributed by atoms with Gasteiger partial charge in [0.05, 0.1) is 0 Å². The minimum absolute atomic E-state index is 0.0607. The van der Waals surface area contributed by atoms with Crippen LogP contribution in [0.1, 0.15) is 12.5 Å². The molecule has 2 N–H and O–H groups in total. The summed E-state index contributed by atoms with van der Waals surface area (Å²) in [6, 6.07) is 12.2. The number of hydrogen-bond acceptors (Lipinski definition) is 4. The van der Waals surface area contributed by atoms with Crippen molar-refractivity contribution in [2.24, 2.45) is 0 Å². The summed E-state index contributed by atoms with van der Waals surface area (Å²) in [5, 5.41) is 6.22. The highest BCUT2D eigenvalue weighted by atomic mass is 35.5. The van der Waals surface area contributed by atoms with Gasteiger partial charge >= 0.3 is 0 Å². The van der Waals surface area contributed by atoms with Crippen molar-refractivity contribution >= 4 is 52.1 Å². The van der Waals surface area contributed by atoms with E-state index in [0.717, 1.165) is 11.3 Å². The maximum Gasteiger partial charge on any atom is 0.264 e. The molecule has 0 atom stereocenters. The first-order valence-electron chi connectivity index (χ1n) is 8.10. The van der Waals surface area contributed by atoms with Gasteiger partial charge in [-0.25, -0.2) is 0 Å². The average Bonchev–Trinajstić information content (AvgIpc) is 2.60. The van der Waals surface area contributed by atoms with Gasteiger partial charge in [-0.05, 0) is 67.2 Å². The van der Waals surface area contributed by atoms with Gasteiger partial charge in [-0.1, -0.05) is 11.6 Å². The van der Waals surface area contributed by atoms with Crippen molar-refractivity contribution in [1.82, 2.24) is 5.32 Å². The van der Waals surface area contributed by atoms with Gasteiger partial charge in [-0.2, -0.15) is 0 Å². The Bertz CT molecular complexity index is 856. The third-order valence-corrected chi connectivity index (χ3v) is 4.17. The van der Waals surface area contributed by atoms with Gasteiger partial charge in [-0.15, -0.1) is 0 Å². The average molecular weight is 406 g/mol. The molecule has 2 aromatic rings. The Hall–Kier alpha value is -2.64. The van der Waals surface area contributed by atoms with Gasteiger partial charge < -0.3 is 15.0 Å². The van der Waals surface area contributed by atoms with Gasteiger partial charge in [0, 0.05) is 30.4 Å². The van der Waals surface area contributed by atoms with Gasteiger partial charge in [0.25, 0.3) is 5.91 Å². The SMILES string of the molecule is CC(=O)N(C)c1ccc(NC(=S)NC(=O)COc2ccc(Cl)cc2C)cc1. The van der Waals surface area contributed by atoms with Crippen LogP contribution in [0, 0.1) is 6.92 Å². The van der Waals surface area contributed by atoms with Crippen molar-refractivity contribution in [1.29, 1.82) is 0 Å². The largest absolute Gasteiger partial charge is 0.483 e. The standard InChI is InChI=1S/C19H20ClN3O3S/c1-12-10-14(20)4-9-17(12)26-11-18(25)22-19(27)21-15-5-7-16(8-6-15)23(3)13(2)24/h4-10H,11H2,1-3H3,(H2,21,22,25,27). The lowest BCUT2D eigenvalue weighted by molar-refractivity contribution is -0.121. The van der Waals surface area contributed by atoms with E-state index >= 15 is 0 Å². The second-order valence-electron chi connectivity index (χ2n) is 5.83. The van der Waals surface area contributed by atoms with E-state index in [1.165, 1.54) is 11.8 Å². The van der Waals surface area contributed by atoms with Crippen molar-refractivity contribution < 1.29 is 14.3 Å². The third kappa shape index (κ3) is 6.23. The summed E-state index contributed by atoms with van der Waals surface area (Å²) >= 11 is 11.0. The minimum Gasteiger partial charge on any atom is -0.483 e. The van der Waals surface area contributed by atoms with Crippen molar-refractivity contribution in [2.75, 3.05) is 23.9 Å². The zero-order valence-electron chi connectivity index (χ0n) is 15.2. The summed E-state index contributed by atoms with van der Waals surface area (Å²) in [5.41, 5.74) is 2.29. The van der Waals surface area contributed by atoms with Crippen molar-refractivity contribution in [3.63, 3.8) is 0 Å². The Morgan fingerprint density at radius 3 is 2.44 bits per heavy atom. The predicted molar refractivity (Wildman–Crippen MR) is 112 cm³/mol. The molecule has 0 spiro atoms. The molecule has 0 saturated heterocycles. The molecule has 0 bridgehead atoms. The van der Waals surface area contributed by atoms with Crippen LogP contribution in [-0.4, -0.2) is 30.6 Å². The van der Waals surface area contributed by atoms with Crippen molar-refractivity contribution in [3.8, 4) is 5.75 Å². The summed E-state index contributed by atoms with van der Waals surface area (Å²) in [4.78, 5) is 24.9.